The van der Waals surface area contributed by atoms with E-state index in [-0.39, 0.29) is 10.6 Å². The SMILES string of the molecule is COc1ccc(S(=O)(=O)NC(C)C(=O)Nc2ccc(F)c(F)c2)cc1. The summed E-state index contributed by atoms with van der Waals surface area (Å²) in [5.74, 6) is -2.40. The Balaban J connectivity index is 2.07. The van der Waals surface area contributed by atoms with Crippen LogP contribution >= 0.6 is 0 Å². The van der Waals surface area contributed by atoms with Crippen LogP contribution in [0.5, 0.6) is 5.75 Å². The zero-order valence-corrected chi connectivity index (χ0v) is 14.2. The third-order valence-corrected chi connectivity index (χ3v) is 4.84. The van der Waals surface area contributed by atoms with E-state index in [4.69, 9.17) is 4.74 Å². The maximum atomic E-state index is 13.1. The summed E-state index contributed by atoms with van der Waals surface area (Å²) in [6.45, 7) is 1.33. The molecule has 0 bridgehead atoms. The first kappa shape index (κ1) is 18.8. The van der Waals surface area contributed by atoms with Gasteiger partial charge in [0, 0.05) is 11.8 Å². The van der Waals surface area contributed by atoms with Crippen molar-refractivity contribution >= 4 is 21.6 Å². The minimum absolute atomic E-state index is 0.0133. The maximum Gasteiger partial charge on any atom is 0.242 e. The van der Waals surface area contributed by atoms with Crippen molar-refractivity contribution in [2.75, 3.05) is 12.4 Å². The van der Waals surface area contributed by atoms with Crippen LogP contribution in [-0.4, -0.2) is 27.5 Å². The van der Waals surface area contributed by atoms with Gasteiger partial charge in [0.15, 0.2) is 11.6 Å². The lowest BCUT2D eigenvalue weighted by Crippen LogP contribution is -2.41. The Morgan fingerprint density at radius 3 is 2.28 bits per heavy atom. The molecule has 2 aromatic carbocycles. The molecule has 0 aliphatic rings. The molecule has 2 aromatic rings. The highest BCUT2D eigenvalue weighted by molar-refractivity contribution is 7.89. The molecule has 9 heteroatoms. The van der Waals surface area contributed by atoms with Crippen LogP contribution in [-0.2, 0) is 14.8 Å². The summed E-state index contributed by atoms with van der Waals surface area (Å²) in [5.41, 5.74) is 0.0133. The van der Waals surface area contributed by atoms with Crippen LogP contribution in [0, 0.1) is 11.6 Å². The maximum absolute atomic E-state index is 13.1. The quantitative estimate of drug-likeness (QED) is 0.817. The number of nitrogens with one attached hydrogen (secondary N) is 2. The Labute approximate surface area is 143 Å². The van der Waals surface area contributed by atoms with Crippen molar-refractivity contribution in [1.29, 1.82) is 0 Å². The van der Waals surface area contributed by atoms with Crippen LogP contribution in [0.3, 0.4) is 0 Å². The first-order valence-corrected chi connectivity index (χ1v) is 8.63. The molecule has 0 aromatic heterocycles. The predicted octanol–water partition coefficient (Wildman–Crippen LogP) is 2.28. The van der Waals surface area contributed by atoms with E-state index in [2.05, 4.69) is 10.0 Å². The zero-order chi connectivity index (χ0) is 18.6. The number of carbonyl (C=O) groups excluding carboxylic acids is 1. The van der Waals surface area contributed by atoms with Crippen LogP contribution in [0.15, 0.2) is 47.4 Å². The Morgan fingerprint density at radius 2 is 1.72 bits per heavy atom. The van der Waals surface area contributed by atoms with Gasteiger partial charge in [-0.05, 0) is 43.3 Å². The molecule has 0 heterocycles. The molecule has 1 unspecified atom stereocenters. The van der Waals surface area contributed by atoms with Crippen molar-refractivity contribution in [3.05, 3.63) is 54.1 Å². The lowest BCUT2D eigenvalue weighted by atomic mass is 10.2. The van der Waals surface area contributed by atoms with Crippen LogP contribution in [0.2, 0.25) is 0 Å². The van der Waals surface area contributed by atoms with Crippen LogP contribution in [0.25, 0.3) is 0 Å². The highest BCUT2D eigenvalue weighted by Crippen LogP contribution is 2.16. The molecule has 0 radical (unpaired) electrons. The summed E-state index contributed by atoms with van der Waals surface area (Å²) < 4.78 is 57.7. The monoisotopic (exact) mass is 370 g/mol. The number of ether oxygens (including phenoxy) is 1. The third-order valence-electron chi connectivity index (χ3n) is 3.28. The fourth-order valence-electron chi connectivity index (χ4n) is 1.93. The molecule has 0 spiro atoms. The largest absolute Gasteiger partial charge is 0.497 e. The van der Waals surface area contributed by atoms with E-state index >= 15 is 0 Å². The Bertz CT molecular complexity index is 870. The van der Waals surface area contributed by atoms with E-state index in [1.54, 1.807) is 0 Å². The molecule has 25 heavy (non-hydrogen) atoms. The summed E-state index contributed by atoms with van der Waals surface area (Å²) in [4.78, 5) is 12.0. The Hall–Kier alpha value is -2.52. The number of amides is 1. The number of sulfonamides is 1. The lowest BCUT2D eigenvalue weighted by molar-refractivity contribution is -0.117. The number of rotatable bonds is 6. The van der Waals surface area contributed by atoms with Crippen molar-refractivity contribution < 1.29 is 26.7 Å². The fourth-order valence-corrected chi connectivity index (χ4v) is 3.14. The predicted molar refractivity (Wildman–Crippen MR) is 87.8 cm³/mol. The topological polar surface area (TPSA) is 84.5 Å². The molecule has 6 nitrogen and oxygen atoms in total. The van der Waals surface area contributed by atoms with Crippen molar-refractivity contribution in [2.24, 2.45) is 0 Å². The van der Waals surface area contributed by atoms with E-state index in [0.29, 0.717) is 5.75 Å². The standard InChI is InChI=1S/C16H16F2N2O4S/c1-10(16(21)19-11-3-8-14(17)15(18)9-11)20-25(22,23)13-6-4-12(24-2)5-7-13/h3-10,20H,1-2H3,(H,19,21). The molecule has 0 aliphatic carbocycles. The number of benzene rings is 2. The summed E-state index contributed by atoms with van der Waals surface area (Å²) in [7, 11) is -2.49. The van der Waals surface area contributed by atoms with E-state index in [9.17, 15) is 22.0 Å². The van der Waals surface area contributed by atoms with Crippen molar-refractivity contribution in [2.45, 2.75) is 17.9 Å². The average molecular weight is 370 g/mol. The smallest absolute Gasteiger partial charge is 0.242 e. The number of anilines is 1. The molecule has 2 rings (SSSR count). The molecule has 2 N–H and O–H groups in total. The number of carbonyl (C=O) groups is 1. The molecular weight excluding hydrogens is 354 g/mol. The van der Waals surface area contributed by atoms with Crippen molar-refractivity contribution in [3.8, 4) is 5.75 Å². The average Bonchev–Trinajstić information content (AvgIpc) is 2.57. The van der Waals surface area contributed by atoms with Gasteiger partial charge in [-0.25, -0.2) is 17.2 Å². The van der Waals surface area contributed by atoms with Crippen LogP contribution in [0.1, 0.15) is 6.92 Å². The molecule has 0 saturated carbocycles. The zero-order valence-electron chi connectivity index (χ0n) is 13.4. The summed E-state index contributed by atoms with van der Waals surface area (Å²) >= 11 is 0. The van der Waals surface area contributed by atoms with Gasteiger partial charge in [0.25, 0.3) is 0 Å². The number of hydrogen-bond acceptors (Lipinski definition) is 4. The molecule has 0 aliphatic heterocycles. The van der Waals surface area contributed by atoms with Crippen molar-refractivity contribution in [1.82, 2.24) is 4.72 Å². The number of halogens is 2. The Kier molecular flexibility index (Phi) is 5.70. The first-order chi connectivity index (χ1) is 11.7. The Morgan fingerprint density at radius 1 is 1.08 bits per heavy atom. The highest BCUT2D eigenvalue weighted by atomic mass is 32.2. The van der Waals surface area contributed by atoms with Crippen molar-refractivity contribution in [3.63, 3.8) is 0 Å². The second kappa shape index (κ2) is 7.58. The van der Waals surface area contributed by atoms with Gasteiger partial charge in [0.05, 0.1) is 18.0 Å². The van der Waals surface area contributed by atoms with Gasteiger partial charge in [-0.15, -0.1) is 0 Å². The van der Waals surface area contributed by atoms with E-state index in [0.717, 1.165) is 12.1 Å². The van der Waals surface area contributed by atoms with Crippen LogP contribution in [0.4, 0.5) is 14.5 Å². The normalized spacial score (nSPS) is 12.5. The fraction of sp³-hybridized carbons (Fsp3) is 0.188. The summed E-state index contributed by atoms with van der Waals surface area (Å²) in [5, 5.41) is 2.31. The minimum atomic E-state index is -3.94. The summed E-state index contributed by atoms with van der Waals surface area (Å²) in [6, 6.07) is 7.31. The van der Waals surface area contributed by atoms with Gasteiger partial charge in [0.2, 0.25) is 15.9 Å². The second-order valence-electron chi connectivity index (χ2n) is 5.14. The van der Waals surface area contributed by atoms with Gasteiger partial charge >= 0.3 is 0 Å². The molecule has 0 fully saturated rings. The van der Waals surface area contributed by atoms with E-state index in [1.807, 2.05) is 0 Å². The lowest BCUT2D eigenvalue weighted by Gasteiger charge is -2.15. The first-order valence-electron chi connectivity index (χ1n) is 7.15. The number of methoxy groups -OCH3 is 1. The second-order valence-corrected chi connectivity index (χ2v) is 6.85. The summed E-state index contributed by atoms with van der Waals surface area (Å²) in [6.07, 6.45) is 0. The molecule has 134 valence electrons. The molecule has 1 atom stereocenters. The van der Waals surface area contributed by atoms with Gasteiger partial charge in [0.1, 0.15) is 5.75 Å². The minimum Gasteiger partial charge on any atom is -0.497 e. The third kappa shape index (κ3) is 4.74. The molecule has 0 saturated heterocycles. The van der Waals surface area contributed by atoms with Crippen LogP contribution < -0.4 is 14.8 Å². The van der Waals surface area contributed by atoms with E-state index < -0.39 is 33.6 Å². The van der Waals surface area contributed by atoms with Gasteiger partial charge in [-0.3, -0.25) is 4.79 Å². The van der Waals surface area contributed by atoms with Gasteiger partial charge < -0.3 is 10.1 Å². The molecule has 1 amide bonds. The van der Waals surface area contributed by atoms with Gasteiger partial charge in [-0.1, -0.05) is 0 Å². The van der Waals surface area contributed by atoms with E-state index in [1.165, 1.54) is 44.4 Å². The van der Waals surface area contributed by atoms with Gasteiger partial charge in [-0.2, -0.15) is 4.72 Å². The number of hydrogen-bond donors (Lipinski definition) is 2. The molecular formula is C16H16F2N2O4S. The highest BCUT2D eigenvalue weighted by Gasteiger charge is 2.22.